The van der Waals surface area contributed by atoms with Gasteiger partial charge in [0, 0.05) is 96.3 Å². The monoisotopic (exact) mass is 2140 g/mol. The van der Waals surface area contributed by atoms with Crippen LogP contribution >= 0.6 is 46.1 Å². The van der Waals surface area contributed by atoms with E-state index in [9.17, 15) is 38.4 Å². The summed E-state index contributed by atoms with van der Waals surface area (Å²) in [6.45, 7) is 39.9. The number of rotatable bonds is 51. The Balaban J connectivity index is 0.862. The fourth-order valence-electron chi connectivity index (χ4n) is 14.7. The molecule has 7 aromatic heterocycles. The summed E-state index contributed by atoms with van der Waals surface area (Å²) in [5.41, 5.74) is -4.89. The average Bonchev–Trinajstić information content (AvgIpc) is 1.63. The fourth-order valence-corrected chi connectivity index (χ4v) is 28.2. The van der Waals surface area contributed by atoms with E-state index in [-0.39, 0.29) is 141 Å². The Kier molecular flexibility index (Phi) is 39.8. The van der Waals surface area contributed by atoms with Crippen LogP contribution < -0.4 is 44.6 Å². The molecule has 5 N–H and O–H groups in total. The SMILES string of the molecule is [C-]#[N+]CCO[P+]([S-])(OC[C@H]1O[C@@H](n2cnc3c(=O)[nH]c(N=CN(C)C)nc32)C[C@H]1O[P+]([S-])(OCC[N+]#[C-])OC[C@H]1O[C@@H](n2cc(C)c(=O)[nH]c2=O)C[C@H]1O[P+]([S-])(OCC[N+]#[C-])OC[C@H]1O[C@@H](n2cnc3c(=O)[nH]c(N=CN(C)C)nc32)C[C@H]1O[P+]([S-])(OCC[N+]#[C-])OC[C@H]1O[C@@H](n2cc(C)c(=O)[nH]c2=O)C[C@H]1O[P+]([S-])(OC[C@H]1O[C@@H](n2ccc(NC(C)=O)nc2=O)C[C@H]1C(C)C)SCCC)OC(C)C. The molecule has 0 spiro atoms. The fraction of sp³-hybridized carbons (Fsp3) is 0.628. The molecule has 5 saturated heterocycles. The van der Waals surface area contributed by atoms with E-state index in [1.807, 2.05) is 20.8 Å². The number of aliphatic imine (C=N–C) groups is 2. The highest BCUT2D eigenvalue weighted by Gasteiger charge is 2.55. The number of ether oxygens (including phenoxy) is 5. The Morgan fingerprint density at radius 2 is 0.899 bits per heavy atom. The minimum Gasteiger partial charge on any atom is -0.480 e. The number of nitrogens with zero attached hydrogens (tertiary/aromatic N) is 18. The molecule has 5 aliphatic heterocycles. The van der Waals surface area contributed by atoms with Crippen LogP contribution in [0.1, 0.15) is 122 Å². The van der Waals surface area contributed by atoms with Gasteiger partial charge < -0.3 is 119 Å². The minimum atomic E-state index is -4.43. The van der Waals surface area contributed by atoms with Crippen LogP contribution in [0.2, 0.25) is 0 Å². The number of nitrogens with one attached hydrogen (secondary N) is 5. The Morgan fingerprint density at radius 1 is 0.525 bits per heavy atom. The predicted octanol–water partition coefficient (Wildman–Crippen LogP) is 8.40. The van der Waals surface area contributed by atoms with Crippen molar-refractivity contribution in [3.8, 4) is 0 Å². The van der Waals surface area contributed by atoms with Gasteiger partial charge in [0.25, 0.3) is 50.8 Å². The molecule has 0 bridgehead atoms. The summed E-state index contributed by atoms with van der Waals surface area (Å²) >= 11 is 32.6. The van der Waals surface area contributed by atoms with E-state index in [1.165, 1.54) is 100 Å². The van der Waals surface area contributed by atoms with E-state index in [0.29, 0.717) is 18.6 Å². The van der Waals surface area contributed by atoms with E-state index >= 15 is 0 Å². The third-order valence-electron chi connectivity index (χ3n) is 21.1. The van der Waals surface area contributed by atoms with Crippen LogP contribution in [0.3, 0.4) is 0 Å². The lowest BCUT2D eigenvalue weighted by molar-refractivity contribution is -0.114. The third kappa shape index (κ3) is 29.8. The second kappa shape index (κ2) is 50.1. The Hall–Kier alpha value is -7.20. The van der Waals surface area contributed by atoms with E-state index in [4.69, 9.17) is 175 Å². The van der Waals surface area contributed by atoms with Crippen molar-refractivity contribution < 1.29 is 91.8 Å². The average molecular weight is 2150 g/mol. The second-order valence-electron chi connectivity index (χ2n) is 32.9. The molecule has 7 aromatic rings. The molecule has 5 fully saturated rings. The lowest BCUT2D eigenvalue weighted by atomic mass is 9.89. The first-order valence-corrected chi connectivity index (χ1v) is 57.9. The number of amides is 1. The Labute approximate surface area is 829 Å². The molecule has 0 aromatic carbocycles. The van der Waals surface area contributed by atoms with E-state index in [1.54, 1.807) is 51.8 Å². The first-order valence-electron chi connectivity index (χ1n) is 43.5. The van der Waals surface area contributed by atoms with Crippen LogP contribution in [-0.2, 0) is 153 Å². The van der Waals surface area contributed by atoms with Crippen LogP contribution in [0.25, 0.3) is 41.7 Å². The maximum atomic E-state index is 14.0. The summed E-state index contributed by atoms with van der Waals surface area (Å²) in [4.78, 5) is 164. The molecule has 0 saturated carbocycles. The minimum absolute atomic E-state index is 0.00130. The van der Waals surface area contributed by atoms with Crippen molar-refractivity contribution in [2.75, 3.05) is 125 Å². The molecule has 12 rings (SSSR count). The number of anilines is 1. The summed E-state index contributed by atoms with van der Waals surface area (Å²) in [5.74, 6) is -0.258. The van der Waals surface area contributed by atoms with Crippen LogP contribution in [0.15, 0.2) is 80.9 Å². The second-order valence-corrected chi connectivity index (χ2v) is 51.1. The highest BCUT2D eigenvalue weighted by atomic mass is 33.1. The first-order chi connectivity index (χ1) is 66.1. The molecule has 0 aliphatic carbocycles. The number of imidazole rings is 2. The number of carbonyl (C=O) groups excluding carboxylic acids is 1. The van der Waals surface area contributed by atoms with Crippen molar-refractivity contribution in [1.82, 2.24) is 77.5 Å². The summed E-state index contributed by atoms with van der Waals surface area (Å²) in [5, 5.41) is 2.52. The van der Waals surface area contributed by atoms with Gasteiger partial charge in [-0.05, 0) is 58.4 Å². The quantitative estimate of drug-likeness (QED) is 0.00596. The Bertz CT molecular complexity index is 6120. The van der Waals surface area contributed by atoms with Crippen LogP contribution in [0, 0.1) is 52.0 Å². The van der Waals surface area contributed by atoms with Crippen molar-refractivity contribution in [3.05, 3.63) is 167 Å². The summed E-state index contributed by atoms with van der Waals surface area (Å²) < 4.78 is 132. The molecule has 5 aliphatic rings. The normalized spacial score (nSPS) is 24.9. The maximum Gasteiger partial charge on any atom is 0.351 e. The van der Waals surface area contributed by atoms with Crippen molar-refractivity contribution in [2.24, 2.45) is 21.8 Å². The number of carbonyl (C=O) groups is 1. The van der Waals surface area contributed by atoms with Gasteiger partial charge in [-0.2, -0.15) is 69.2 Å². The van der Waals surface area contributed by atoms with E-state index in [0.717, 1.165) is 4.57 Å². The van der Waals surface area contributed by atoms with E-state index in [2.05, 4.69) is 79.5 Å². The summed E-state index contributed by atoms with van der Waals surface area (Å²) in [7, 11) is -9.90. The van der Waals surface area contributed by atoms with Gasteiger partial charge in [0.05, 0.1) is 42.8 Å². The van der Waals surface area contributed by atoms with Crippen LogP contribution in [0.5, 0.6) is 0 Å². The van der Waals surface area contributed by atoms with Gasteiger partial charge >= 0.3 is 17.1 Å². The molecule has 61 heteroatoms. The Morgan fingerprint density at radius 3 is 1.27 bits per heavy atom. The van der Waals surface area contributed by atoms with Crippen molar-refractivity contribution in [3.63, 3.8) is 0 Å². The molecule has 0 radical (unpaired) electrons. The number of aromatic nitrogens is 14. The standard InChI is InChI=1S/C78H106N23O27P5S6/c1-17-28-139-133(138,118-36-55-50(45(2)3)29-61(119-55)97-23-18-60(87-49(8)102)88-76(97)107)128-54-33-63(99-35-48(7)71(104)94-78(99)109)121-59(54)40-117-132(137,113-27-22-82-12)127-53-32-65(101-44-84-67-69(101)90-75(92-73(67)106)86-42-96(15)16)123-58(53)39-116-130(135,111-25-20-80-10)125-51-30-62(98-34-47(6)70(103)93-77(98)108)120-56(51)38-115-131(136,112-26-21-81-11)126-52-31-64(122-57(52)37-114-129(134,124-46(4)5)110-24-19-79-9)100-43-83-66-68(100)89-74(91-72(66)105)85-41-95(13)14/h18,23,34-35,41-46,50-59,61-65H,17,19-22,24-33,36-40H2,1-8,13-16H3,(H,89,91,105)(H,90,92,106)(H,93,103,108)(H,94,104,109)(H,87,88,102,107)/t50-,51+,52+,53+,54+,55+,56+,57+,58+,59+,61+,62+,63+,64+,65+,129?,130?,131?,132?,133?/m0/s1. The summed E-state index contributed by atoms with van der Waals surface area (Å²) in [6.07, 6.45) is -10.6. The molecular weight excluding hydrogens is 2040 g/mol. The van der Waals surface area contributed by atoms with Crippen molar-refractivity contribution in [2.45, 2.75) is 186 Å². The van der Waals surface area contributed by atoms with Crippen LogP contribution in [0.4, 0.5) is 17.7 Å². The zero-order valence-corrected chi connectivity index (χ0v) is 86.7. The van der Waals surface area contributed by atoms with Crippen molar-refractivity contribution in [1.29, 1.82) is 0 Å². The molecule has 5 unspecified atom stereocenters. The molecule has 756 valence electrons. The predicted molar refractivity (Wildman–Crippen MR) is 525 cm³/mol. The number of H-pyrrole nitrogens is 4. The third-order valence-corrected chi connectivity index (χ3v) is 36.3. The van der Waals surface area contributed by atoms with Gasteiger partial charge in [-0.3, -0.25) is 66.7 Å². The van der Waals surface area contributed by atoms with Crippen molar-refractivity contribution >= 4 is 166 Å². The van der Waals surface area contributed by atoms with Gasteiger partial charge in [-0.15, -0.1) is 0 Å². The van der Waals surface area contributed by atoms with Gasteiger partial charge in [0.1, 0.15) is 125 Å². The zero-order chi connectivity index (χ0) is 100. The number of hydrogen-bond donors (Lipinski definition) is 5. The largest absolute Gasteiger partial charge is 0.480 e. The van der Waals surface area contributed by atoms with Crippen LogP contribution in [-0.4, -0.2) is 277 Å². The van der Waals surface area contributed by atoms with Gasteiger partial charge in [-0.1, -0.05) is 20.8 Å². The first kappa shape index (κ1) is 111. The molecule has 50 nitrogen and oxygen atoms in total. The maximum absolute atomic E-state index is 14.0. The number of hydrogen-bond acceptors (Lipinski definition) is 40. The highest BCUT2D eigenvalue weighted by molar-refractivity contribution is 8.82. The molecule has 12 heterocycles. The lowest BCUT2D eigenvalue weighted by Gasteiger charge is -2.34. The highest BCUT2D eigenvalue weighted by Crippen LogP contribution is 2.73. The molecular formula is C78H106N23O27P5S6. The number of aryl methyl sites for hydroxylation is 2. The molecule has 20 atom stereocenters. The zero-order valence-electron chi connectivity index (χ0n) is 77.3. The number of aromatic amines is 4. The lowest BCUT2D eigenvalue weighted by Crippen LogP contribution is -2.34. The van der Waals surface area contributed by atoms with E-state index < -0.39 is 205 Å². The molecule has 139 heavy (non-hydrogen) atoms. The van der Waals surface area contributed by atoms with Gasteiger partial charge in [0.2, 0.25) is 50.1 Å². The van der Waals surface area contributed by atoms with Gasteiger partial charge in [-0.25, -0.2) is 69.7 Å². The van der Waals surface area contributed by atoms with Gasteiger partial charge in [0.15, 0.2) is 48.8 Å². The summed E-state index contributed by atoms with van der Waals surface area (Å²) in [6, 6.07) is 1.49. The number of fused-ring (bicyclic) bond motifs is 2. The topological polar surface area (TPSA) is 525 Å². The smallest absolute Gasteiger partial charge is 0.351 e. The molecule has 1 amide bonds.